The Balaban J connectivity index is 0.000000698. The van der Waals surface area contributed by atoms with Gasteiger partial charge in [-0.3, -0.25) is 14.7 Å². The maximum atomic E-state index is 12.2. The van der Waals surface area contributed by atoms with Crippen LogP contribution in [0.4, 0.5) is 13.2 Å². The first kappa shape index (κ1) is 37.4. The molecule has 1 aromatic carbocycles. The highest BCUT2D eigenvalue weighted by molar-refractivity contribution is 7.11. The fourth-order valence-electron chi connectivity index (χ4n) is 3.04. The third-order valence-corrected chi connectivity index (χ3v) is 5.56. The Kier molecular flexibility index (Phi) is 21.0. The number of halogens is 3. The molecule has 0 radical (unpaired) electrons. The topological polar surface area (TPSA) is 113 Å². The lowest BCUT2D eigenvalue weighted by atomic mass is 10.1. The molecular weight excluding hydrogens is 561 g/mol. The van der Waals surface area contributed by atoms with Gasteiger partial charge in [0.15, 0.2) is 10.8 Å². The molecule has 41 heavy (non-hydrogen) atoms. The molecule has 13 heteroatoms. The summed E-state index contributed by atoms with van der Waals surface area (Å²) in [6.45, 7) is 12.5. The zero-order valence-electron chi connectivity index (χ0n) is 23.4. The Bertz CT molecular complexity index is 1100. The minimum Gasteiger partial charge on any atom is -0.466 e. The Hall–Kier alpha value is -3.65. The molecule has 0 aliphatic carbocycles. The normalized spacial score (nSPS) is 14.0. The third kappa shape index (κ3) is 15.1. The second kappa shape index (κ2) is 23.1. The number of aldehydes is 1. The summed E-state index contributed by atoms with van der Waals surface area (Å²) in [4.78, 5) is 32.0. The summed E-state index contributed by atoms with van der Waals surface area (Å²) in [5.74, 6) is -0.249. The van der Waals surface area contributed by atoms with Crippen molar-refractivity contribution in [2.24, 2.45) is 4.99 Å². The number of aliphatic hydroxyl groups excluding tert-OH is 1. The van der Waals surface area contributed by atoms with Crippen LogP contribution in [0.1, 0.15) is 23.9 Å². The van der Waals surface area contributed by atoms with Crippen molar-refractivity contribution in [2.45, 2.75) is 13.3 Å². The van der Waals surface area contributed by atoms with Gasteiger partial charge in [0.05, 0.1) is 32.4 Å². The number of hydrogen-bond acceptors (Lipinski definition) is 10. The van der Waals surface area contributed by atoms with Crippen LogP contribution in [0.3, 0.4) is 0 Å². The van der Waals surface area contributed by atoms with Crippen LogP contribution in [0.2, 0.25) is 0 Å². The van der Waals surface area contributed by atoms with Crippen LogP contribution in [-0.4, -0.2) is 86.7 Å². The van der Waals surface area contributed by atoms with Crippen molar-refractivity contribution >= 4 is 29.4 Å². The van der Waals surface area contributed by atoms with Crippen LogP contribution >= 0.6 is 11.3 Å². The van der Waals surface area contributed by atoms with E-state index in [1.165, 1.54) is 36.7 Å². The lowest BCUT2D eigenvalue weighted by Gasteiger charge is -2.29. The summed E-state index contributed by atoms with van der Waals surface area (Å²) >= 11 is 1.52. The number of benzene rings is 1. The van der Waals surface area contributed by atoms with Crippen molar-refractivity contribution in [1.29, 1.82) is 0 Å². The number of alkyl halides is 2. The van der Waals surface area contributed by atoms with Gasteiger partial charge in [0.25, 0.3) is 6.43 Å². The maximum absolute atomic E-state index is 12.2. The molecule has 0 unspecified atom stereocenters. The molecule has 1 saturated heterocycles. The number of aliphatic hydroxyl groups is 1. The molecule has 1 aromatic heterocycles. The number of methoxy groups -OCH3 is 1. The Labute approximate surface area is 242 Å². The largest absolute Gasteiger partial charge is 0.466 e. The lowest BCUT2D eigenvalue weighted by Crippen LogP contribution is -2.42. The molecule has 0 saturated carbocycles. The number of hydrogen-bond donors (Lipinski definition) is 2. The SMILES string of the molecule is C=CC.C=CC=O.CO.COC(=O)C1=C(CN2CCOCC2)NC(c2nccs2)=NC1.Fc1cccc(C(F)F)c1. The van der Waals surface area contributed by atoms with E-state index >= 15 is 0 Å². The average molecular weight is 599 g/mol. The van der Waals surface area contributed by atoms with E-state index in [-0.39, 0.29) is 11.5 Å². The molecule has 0 atom stereocenters. The third-order valence-electron chi connectivity index (χ3n) is 4.78. The van der Waals surface area contributed by atoms with Crippen LogP contribution < -0.4 is 5.32 Å². The van der Waals surface area contributed by atoms with Gasteiger partial charge in [-0.25, -0.2) is 22.9 Å². The summed E-state index contributed by atoms with van der Waals surface area (Å²) in [6, 6.07) is 4.40. The van der Waals surface area contributed by atoms with E-state index in [1.54, 1.807) is 12.3 Å². The number of aromatic nitrogens is 1. The summed E-state index contributed by atoms with van der Waals surface area (Å²) in [6.07, 6.45) is 2.74. The number of esters is 1. The monoisotopic (exact) mass is 598 g/mol. The zero-order chi connectivity index (χ0) is 31.0. The Morgan fingerprint density at radius 1 is 1.29 bits per heavy atom. The van der Waals surface area contributed by atoms with Gasteiger partial charge in [0, 0.05) is 49.6 Å². The van der Waals surface area contributed by atoms with Crippen molar-refractivity contribution in [2.75, 3.05) is 53.6 Å². The van der Waals surface area contributed by atoms with E-state index in [9.17, 15) is 18.0 Å². The first-order valence-electron chi connectivity index (χ1n) is 12.2. The molecule has 3 heterocycles. The summed E-state index contributed by atoms with van der Waals surface area (Å²) in [5, 5.41) is 13.0. The fourth-order valence-corrected chi connectivity index (χ4v) is 3.64. The van der Waals surface area contributed by atoms with Gasteiger partial charge in [-0.1, -0.05) is 24.8 Å². The van der Waals surface area contributed by atoms with Gasteiger partial charge < -0.3 is 19.9 Å². The van der Waals surface area contributed by atoms with Gasteiger partial charge in [-0.05, 0) is 25.1 Å². The van der Waals surface area contributed by atoms with Crippen LogP contribution in [0.15, 0.2) is 77.4 Å². The molecule has 2 aliphatic rings. The Morgan fingerprint density at radius 3 is 2.39 bits per heavy atom. The number of ether oxygens (including phenoxy) is 2. The first-order valence-corrected chi connectivity index (χ1v) is 13.1. The molecule has 0 spiro atoms. The number of aliphatic imine (C=N–C) groups is 1. The number of carbonyl (C=O) groups is 2. The van der Waals surface area contributed by atoms with Crippen LogP contribution in [0.25, 0.3) is 0 Å². The maximum Gasteiger partial charge on any atom is 0.337 e. The number of amidine groups is 1. The molecule has 2 aliphatic heterocycles. The second-order valence-electron chi connectivity index (χ2n) is 7.60. The van der Waals surface area contributed by atoms with E-state index in [2.05, 4.69) is 33.4 Å². The first-order chi connectivity index (χ1) is 19.8. The minimum absolute atomic E-state index is 0.278. The second-order valence-corrected chi connectivity index (χ2v) is 8.49. The van der Waals surface area contributed by atoms with E-state index < -0.39 is 12.2 Å². The molecule has 9 nitrogen and oxygen atoms in total. The van der Waals surface area contributed by atoms with Crippen molar-refractivity contribution in [3.05, 3.63) is 88.8 Å². The van der Waals surface area contributed by atoms with Crippen LogP contribution in [0, 0.1) is 5.82 Å². The molecular formula is C28H37F3N4O5S. The quantitative estimate of drug-likeness (QED) is 0.220. The van der Waals surface area contributed by atoms with E-state index in [0.717, 1.165) is 43.0 Å². The number of allylic oxidation sites excluding steroid dienone is 2. The number of thiazole rings is 1. The van der Waals surface area contributed by atoms with Gasteiger partial charge in [0.2, 0.25) is 0 Å². The Morgan fingerprint density at radius 2 is 1.93 bits per heavy atom. The average Bonchev–Trinajstić information content (AvgIpc) is 3.54. The summed E-state index contributed by atoms with van der Waals surface area (Å²) < 4.78 is 46.0. The molecule has 0 amide bonds. The molecule has 226 valence electrons. The highest BCUT2D eigenvalue weighted by atomic mass is 32.1. The van der Waals surface area contributed by atoms with Crippen LogP contribution in [-0.2, 0) is 19.1 Å². The summed E-state index contributed by atoms with van der Waals surface area (Å²) in [5.41, 5.74) is 1.14. The molecule has 2 N–H and O–H groups in total. The fraction of sp³-hybridized carbons (Fsp3) is 0.357. The summed E-state index contributed by atoms with van der Waals surface area (Å²) in [7, 11) is 2.39. The molecule has 2 aromatic rings. The van der Waals surface area contributed by atoms with Crippen molar-refractivity contribution in [3.8, 4) is 0 Å². The highest BCUT2D eigenvalue weighted by Gasteiger charge is 2.25. The van der Waals surface area contributed by atoms with Gasteiger partial charge in [-0.15, -0.1) is 17.9 Å². The van der Waals surface area contributed by atoms with Crippen molar-refractivity contribution < 1.29 is 37.3 Å². The van der Waals surface area contributed by atoms with Crippen molar-refractivity contribution in [1.82, 2.24) is 15.2 Å². The standard InChI is InChI=1S/C14H18N4O3S.C7H5F3.C3H4O.C3H6.CH4O/c1-20-14(19)10-8-16-12(13-15-2-7-22-13)17-11(10)9-18-3-5-21-6-4-18;8-6-3-1-2-5(4-6)7(9)10;1-2-3-4;1-3-2;1-2/h2,7H,3-6,8-9H2,1H3,(H,16,17);1-4,7H;2-3H,1H2;3H,1H2,2H3;2H,1H3. The van der Waals surface area contributed by atoms with Crippen LogP contribution in [0.5, 0.6) is 0 Å². The predicted molar refractivity (Wildman–Crippen MR) is 155 cm³/mol. The zero-order valence-corrected chi connectivity index (χ0v) is 24.2. The molecule has 4 rings (SSSR count). The minimum atomic E-state index is -2.59. The number of carbonyl (C=O) groups excluding carboxylic acids is 2. The molecule has 1 fully saturated rings. The van der Waals surface area contributed by atoms with E-state index in [0.29, 0.717) is 44.0 Å². The van der Waals surface area contributed by atoms with Gasteiger partial charge >= 0.3 is 5.97 Å². The molecule has 0 bridgehead atoms. The highest BCUT2D eigenvalue weighted by Crippen LogP contribution is 2.18. The smallest absolute Gasteiger partial charge is 0.337 e. The number of rotatable bonds is 6. The number of nitrogens with one attached hydrogen (secondary N) is 1. The van der Waals surface area contributed by atoms with Gasteiger partial charge in [-0.2, -0.15) is 0 Å². The van der Waals surface area contributed by atoms with Crippen molar-refractivity contribution in [3.63, 3.8) is 0 Å². The number of nitrogens with zero attached hydrogens (tertiary/aromatic N) is 3. The van der Waals surface area contributed by atoms with Gasteiger partial charge in [0.1, 0.15) is 12.1 Å². The lowest BCUT2D eigenvalue weighted by molar-refractivity contribution is -0.136. The van der Waals surface area contributed by atoms with E-state index in [4.69, 9.17) is 19.4 Å². The van der Waals surface area contributed by atoms with E-state index in [1.807, 2.05) is 12.3 Å². The number of morpholine rings is 1. The predicted octanol–water partition coefficient (Wildman–Crippen LogP) is 4.19.